The molecule has 0 aliphatic heterocycles. The van der Waals surface area contributed by atoms with Crippen LogP contribution in [-0.4, -0.2) is 42.4 Å². The molecule has 25 heavy (non-hydrogen) atoms. The van der Waals surface area contributed by atoms with Gasteiger partial charge in [0.05, 0.1) is 5.69 Å². The van der Waals surface area contributed by atoms with Crippen LogP contribution in [0.15, 0.2) is 34.1 Å². The summed E-state index contributed by atoms with van der Waals surface area (Å²) in [5, 5.41) is 11.5. The predicted molar refractivity (Wildman–Crippen MR) is 84.3 cm³/mol. The summed E-state index contributed by atoms with van der Waals surface area (Å²) in [5.41, 5.74) is -0.500. The van der Waals surface area contributed by atoms with Gasteiger partial charge < -0.3 is 17.3 Å². The molecule has 134 valence electrons. The second-order valence-electron chi connectivity index (χ2n) is 4.58. The van der Waals surface area contributed by atoms with Gasteiger partial charge >= 0.3 is 29.6 Å². The number of phenols is 1. The molecule has 1 amide bonds. The first-order valence-electron chi connectivity index (χ1n) is 5.94. The minimum Gasteiger partial charge on any atom is -1.00 e. The van der Waals surface area contributed by atoms with Gasteiger partial charge in [-0.05, 0) is 12.1 Å². The minimum atomic E-state index is -4.97. The van der Waals surface area contributed by atoms with Crippen molar-refractivity contribution in [2.75, 3.05) is 5.32 Å². The monoisotopic (exact) mass is 403 g/mol. The van der Waals surface area contributed by atoms with Gasteiger partial charge in [-0.2, -0.15) is 16.8 Å². The third-order valence-electron chi connectivity index (χ3n) is 2.92. The molecule has 0 fully saturated rings. The van der Waals surface area contributed by atoms with Crippen molar-refractivity contribution in [3.05, 3.63) is 24.3 Å². The van der Waals surface area contributed by atoms with E-state index in [1.54, 1.807) is 0 Å². The molecule has 0 atom stereocenters. The molecule has 0 spiro atoms. The number of phenolic OH excluding ortho intramolecular Hbond substituents is 1. The molecule has 0 aliphatic rings. The molecule has 0 saturated carbocycles. The Labute approximate surface area is 166 Å². The van der Waals surface area contributed by atoms with Crippen LogP contribution in [0, 0.1) is 0 Å². The molecule has 0 aromatic heterocycles. The Kier molecular flexibility index (Phi) is 7.57. The second kappa shape index (κ2) is 7.97. The van der Waals surface area contributed by atoms with Gasteiger partial charge in [-0.1, -0.05) is 12.1 Å². The molecule has 0 unspecified atom stereocenters. The summed E-state index contributed by atoms with van der Waals surface area (Å²) >= 11 is 0. The van der Waals surface area contributed by atoms with Crippen molar-refractivity contribution in [2.24, 2.45) is 0 Å². The van der Waals surface area contributed by atoms with E-state index in [0.29, 0.717) is 6.07 Å². The maximum absolute atomic E-state index is 11.5. The van der Waals surface area contributed by atoms with Gasteiger partial charge in [0.2, 0.25) is 5.91 Å². The third kappa shape index (κ3) is 4.89. The first-order chi connectivity index (χ1) is 10.4. The van der Waals surface area contributed by atoms with E-state index in [9.17, 15) is 35.8 Å². The molecule has 2 rings (SSSR count). The van der Waals surface area contributed by atoms with Crippen molar-refractivity contribution in [3.8, 4) is 5.75 Å². The third-order valence-corrected chi connectivity index (χ3v) is 4.69. The summed E-state index contributed by atoms with van der Waals surface area (Å²) in [5.74, 6) is -1.28. The Hall–Kier alpha value is -1.25. The van der Waals surface area contributed by atoms with Gasteiger partial charge in [-0.15, -0.1) is 0 Å². The zero-order valence-corrected chi connectivity index (χ0v) is 16.6. The Balaban J connectivity index is 0. The quantitative estimate of drug-likeness (QED) is 0.314. The fourth-order valence-corrected chi connectivity index (χ4v) is 3.58. The smallest absolute Gasteiger partial charge is 1.00 e. The van der Waals surface area contributed by atoms with Gasteiger partial charge in [0.1, 0.15) is 15.5 Å². The number of carbonyl (C=O) groups is 1. The van der Waals surface area contributed by atoms with E-state index in [1.807, 2.05) is 0 Å². The largest absolute Gasteiger partial charge is 1.00 e. The van der Waals surface area contributed by atoms with Gasteiger partial charge in [0, 0.05) is 17.7 Å². The fourth-order valence-electron chi connectivity index (χ4n) is 2.12. The van der Waals surface area contributed by atoms with Crippen LogP contribution in [0.25, 0.3) is 10.8 Å². The second-order valence-corrected chi connectivity index (χ2v) is 7.36. The van der Waals surface area contributed by atoms with Crippen molar-refractivity contribution in [1.82, 2.24) is 0 Å². The van der Waals surface area contributed by atoms with Crippen molar-refractivity contribution < 1.29 is 72.3 Å². The minimum absolute atomic E-state index is 0. The fraction of sp³-hybridized carbons (Fsp3) is 0.0833. The summed E-state index contributed by atoms with van der Waals surface area (Å²) < 4.78 is 64.5. The Bertz CT molecular complexity index is 1040. The van der Waals surface area contributed by atoms with Crippen LogP contribution >= 0.6 is 0 Å². The van der Waals surface area contributed by atoms with E-state index in [2.05, 4.69) is 5.32 Å². The van der Waals surface area contributed by atoms with Crippen LogP contribution in [0.2, 0.25) is 0 Å². The van der Waals surface area contributed by atoms with E-state index >= 15 is 0 Å². The molecule has 0 bridgehead atoms. The molecule has 0 saturated heterocycles. The van der Waals surface area contributed by atoms with E-state index in [1.165, 1.54) is 12.1 Å². The zero-order valence-electron chi connectivity index (χ0n) is 14.0. The summed E-state index contributed by atoms with van der Waals surface area (Å²) in [6.45, 7) is 1.05. The predicted octanol–water partition coefficient (Wildman–Crippen LogP) is -2.71. The average Bonchev–Trinajstić information content (AvgIpc) is 2.35. The number of anilines is 1. The maximum Gasteiger partial charge on any atom is 1.00 e. The van der Waals surface area contributed by atoms with Crippen LogP contribution in [0.3, 0.4) is 0 Å². The number of carbonyl (C=O) groups excluding carboxylic acids is 1. The standard InChI is InChI=1S/C12H11NO8S2.Na.H2O.H/c1-6(14)13-12-10(23(19,20)21)5-9(22(16,17)18)7-3-2-4-8(15)11(7)12;;;/h2-5,15H,1H3,(H,13,14)(H,16,17,18)(H,19,20,21);;1H2;/q;+1;;-1. The molecule has 13 heteroatoms. The van der Waals surface area contributed by atoms with Crippen molar-refractivity contribution in [3.63, 3.8) is 0 Å². The van der Waals surface area contributed by atoms with Crippen LogP contribution < -0.4 is 34.9 Å². The summed E-state index contributed by atoms with van der Waals surface area (Å²) in [6.07, 6.45) is 0. The first kappa shape index (κ1) is 23.8. The number of hydrogen-bond donors (Lipinski definition) is 4. The Morgan fingerprint density at radius 2 is 1.60 bits per heavy atom. The van der Waals surface area contributed by atoms with Crippen molar-refractivity contribution >= 4 is 42.6 Å². The average molecular weight is 403 g/mol. The number of nitrogens with one attached hydrogen (secondary N) is 1. The van der Waals surface area contributed by atoms with Crippen LogP contribution in [0.4, 0.5) is 5.69 Å². The molecular formula is C12H14NNaO9S2. The van der Waals surface area contributed by atoms with Gasteiger partial charge in [0.25, 0.3) is 20.2 Å². The number of aromatic hydroxyl groups is 1. The summed E-state index contributed by atoms with van der Waals surface area (Å²) in [4.78, 5) is 9.47. The maximum atomic E-state index is 11.5. The van der Waals surface area contributed by atoms with E-state index in [4.69, 9.17) is 0 Å². The number of rotatable bonds is 3. The molecule has 0 heterocycles. The molecule has 0 radical (unpaired) electrons. The summed E-state index contributed by atoms with van der Waals surface area (Å²) in [6, 6.07) is 4.07. The van der Waals surface area contributed by atoms with Gasteiger partial charge in [-0.25, -0.2) is 0 Å². The normalized spacial score (nSPS) is 11.3. The first-order valence-corrected chi connectivity index (χ1v) is 8.82. The zero-order chi connectivity index (χ0) is 17.6. The topological polar surface area (TPSA) is 190 Å². The SMILES string of the molecule is CC(=O)Nc1c(S(=O)(=O)O)cc(S(=O)(=O)O)c2cccc(O)c12.O.[H-].[Na+]. The molecular weight excluding hydrogens is 389 g/mol. The molecule has 6 N–H and O–H groups in total. The van der Waals surface area contributed by atoms with E-state index in [-0.39, 0.29) is 47.2 Å². The molecule has 2 aromatic rings. The van der Waals surface area contributed by atoms with E-state index < -0.39 is 47.4 Å². The molecule has 0 aliphatic carbocycles. The number of benzene rings is 2. The van der Waals surface area contributed by atoms with Crippen LogP contribution in [-0.2, 0) is 25.0 Å². The van der Waals surface area contributed by atoms with Gasteiger partial charge in [0.15, 0.2) is 0 Å². The van der Waals surface area contributed by atoms with E-state index in [0.717, 1.165) is 13.0 Å². The number of fused-ring (bicyclic) bond motifs is 1. The van der Waals surface area contributed by atoms with Crippen LogP contribution in [0.1, 0.15) is 8.35 Å². The summed E-state index contributed by atoms with van der Waals surface area (Å²) in [7, 11) is -9.85. The molecule has 10 nitrogen and oxygen atoms in total. The van der Waals surface area contributed by atoms with Crippen molar-refractivity contribution in [1.29, 1.82) is 0 Å². The number of amides is 1. The molecule has 2 aromatic carbocycles. The van der Waals surface area contributed by atoms with Crippen LogP contribution in [0.5, 0.6) is 5.75 Å². The van der Waals surface area contributed by atoms with Gasteiger partial charge in [-0.3, -0.25) is 13.9 Å². The number of hydrogen-bond acceptors (Lipinski definition) is 6. The Morgan fingerprint density at radius 1 is 1.08 bits per heavy atom. The Morgan fingerprint density at radius 3 is 2.04 bits per heavy atom. The van der Waals surface area contributed by atoms with Crippen molar-refractivity contribution in [2.45, 2.75) is 16.7 Å².